The van der Waals surface area contributed by atoms with E-state index in [9.17, 15) is 9.59 Å². The number of ether oxygens (including phenoxy) is 1. The minimum Gasteiger partial charge on any atom is -0.465 e. The van der Waals surface area contributed by atoms with Crippen LogP contribution >= 0.6 is 0 Å². The molecule has 0 saturated carbocycles. The lowest BCUT2D eigenvalue weighted by molar-refractivity contribution is -0.116. The molecule has 0 aliphatic heterocycles. The number of amides is 1. The zero-order chi connectivity index (χ0) is 19.2. The van der Waals surface area contributed by atoms with Crippen molar-refractivity contribution in [2.45, 2.75) is 19.8 Å². The Morgan fingerprint density at radius 1 is 1.04 bits per heavy atom. The second-order valence-corrected chi connectivity index (χ2v) is 5.98. The van der Waals surface area contributed by atoms with Gasteiger partial charge in [-0.05, 0) is 43.3 Å². The Balaban J connectivity index is 1.53. The summed E-state index contributed by atoms with van der Waals surface area (Å²) in [6.07, 6.45) is 0.541. The van der Waals surface area contributed by atoms with Gasteiger partial charge in [0.25, 0.3) is 0 Å². The van der Waals surface area contributed by atoms with E-state index < -0.39 is 5.97 Å². The maximum absolute atomic E-state index is 12.1. The Bertz CT molecular complexity index is 931. The summed E-state index contributed by atoms with van der Waals surface area (Å²) in [6, 6.07) is 14.2. The predicted octanol–water partition coefficient (Wildman–Crippen LogP) is 3.40. The first kappa shape index (κ1) is 18.3. The first-order valence-corrected chi connectivity index (χ1v) is 8.43. The number of carbonyl (C=O) groups excluding carboxylic acids is 2. The minimum absolute atomic E-state index is 0.184. The fourth-order valence-corrected chi connectivity index (χ4v) is 2.42. The van der Waals surface area contributed by atoms with Crippen molar-refractivity contribution in [3.05, 3.63) is 65.5 Å². The molecule has 7 nitrogen and oxygen atoms in total. The summed E-state index contributed by atoms with van der Waals surface area (Å²) in [5.41, 5.74) is 3.01. The van der Waals surface area contributed by atoms with Crippen molar-refractivity contribution in [2.75, 3.05) is 12.4 Å². The first-order valence-electron chi connectivity index (χ1n) is 8.43. The number of esters is 1. The van der Waals surface area contributed by atoms with Crippen LogP contribution in [0.5, 0.6) is 0 Å². The summed E-state index contributed by atoms with van der Waals surface area (Å²) in [7, 11) is 1.32. The van der Waals surface area contributed by atoms with Crippen LogP contribution in [0, 0.1) is 6.92 Å². The van der Waals surface area contributed by atoms with Crippen LogP contribution in [0.4, 0.5) is 5.69 Å². The van der Waals surface area contributed by atoms with E-state index in [1.165, 1.54) is 7.11 Å². The molecule has 0 aliphatic carbocycles. The lowest BCUT2D eigenvalue weighted by Crippen LogP contribution is -2.12. The number of nitrogens with one attached hydrogen (secondary N) is 1. The maximum Gasteiger partial charge on any atom is 0.337 e. The number of aryl methyl sites for hydroxylation is 2. The van der Waals surface area contributed by atoms with Crippen molar-refractivity contribution in [1.82, 2.24) is 10.2 Å². The molecule has 27 heavy (non-hydrogen) atoms. The molecule has 0 spiro atoms. The van der Waals surface area contributed by atoms with Crippen LogP contribution in [0.25, 0.3) is 11.5 Å². The minimum atomic E-state index is -0.423. The molecule has 0 bridgehead atoms. The number of benzene rings is 2. The Morgan fingerprint density at radius 3 is 2.41 bits per heavy atom. The fraction of sp³-hybridized carbons (Fsp3) is 0.200. The molecule has 0 unspecified atom stereocenters. The van der Waals surface area contributed by atoms with Crippen molar-refractivity contribution in [3.8, 4) is 11.5 Å². The van der Waals surface area contributed by atoms with Gasteiger partial charge in [-0.3, -0.25) is 4.79 Å². The SMILES string of the molecule is COC(=O)c1ccc(NC(=O)CCc2nnc(-c3ccc(C)cc3)o2)cc1. The van der Waals surface area contributed by atoms with Crippen LogP contribution in [0.15, 0.2) is 52.9 Å². The molecule has 138 valence electrons. The Labute approximate surface area is 156 Å². The zero-order valence-corrected chi connectivity index (χ0v) is 15.1. The average molecular weight is 365 g/mol. The number of anilines is 1. The number of hydrogen-bond acceptors (Lipinski definition) is 6. The summed E-state index contributed by atoms with van der Waals surface area (Å²) in [6.45, 7) is 2.00. The topological polar surface area (TPSA) is 94.3 Å². The highest BCUT2D eigenvalue weighted by atomic mass is 16.5. The molecule has 7 heteroatoms. The van der Waals surface area contributed by atoms with Gasteiger partial charge in [-0.25, -0.2) is 4.79 Å². The lowest BCUT2D eigenvalue weighted by atomic mass is 10.1. The summed E-state index contributed by atoms with van der Waals surface area (Å²) in [5.74, 6) is 0.232. The van der Waals surface area contributed by atoms with Crippen molar-refractivity contribution in [2.24, 2.45) is 0 Å². The number of hydrogen-bond donors (Lipinski definition) is 1. The molecule has 1 heterocycles. The van der Waals surface area contributed by atoms with Gasteiger partial charge >= 0.3 is 5.97 Å². The predicted molar refractivity (Wildman–Crippen MR) is 99.2 cm³/mol. The van der Waals surface area contributed by atoms with Crippen LogP contribution < -0.4 is 5.32 Å². The number of carbonyl (C=O) groups is 2. The molecule has 1 amide bonds. The lowest BCUT2D eigenvalue weighted by Gasteiger charge is -2.05. The number of nitrogens with zero attached hydrogens (tertiary/aromatic N) is 2. The maximum atomic E-state index is 12.1. The highest BCUT2D eigenvalue weighted by molar-refractivity contribution is 5.93. The molecule has 0 aliphatic rings. The fourth-order valence-electron chi connectivity index (χ4n) is 2.42. The van der Waals surface area contributed by atoms with Gasteiger partial charge < -0.3 is 14.5 Å². The van der Waals surface area contributed by atoms with Gasteiger partial charge in [0.05, 0.1) is 12.7 Å². The quantitative estimate of drug-likeness (QED) is 0.673. The van der Waals surface area contributed by atoms with E-state index in [4.69, 9.17) is 4.42 Å². The number of aromatic nitrogens is 2. The van der Waals surface area contributed by atoms with Crippen molar-refractivity contribution in [3.63, 3.8) is 0 Å². The van der Waals surface area contributed by atoms with Crippen molar-refractivity contribution in [1.29, 1.82) is 0 Å². The molecular formula is C20H19N3O4. The summed E-state index contributed by atoms with van der Waals surface area (Å²) < 4.78 is 10.2. The van der Waals surface area contributed by atoms with Gasteiger partial charge in [0, 0.05) is 24.1 Å². The van der Waals surface area contributed by atoms with Gasteiger partial charge in [0.1, 0.15) is 0 Å². The molecule has 1 N–H and O–H groups in total. The van der Waals surface area contributed by atoms with Gasteiger partial charge in [0.15, 0.2) is 0 Å². The Morgan fingerprint density at radius 2 is 1.74 bits per heavy atom. The molecule has 0 radical (unpaired) electrons. The smallest absolute Gasteiger partial charge is 0.337 e. The standard InChI is InChI=1S/C20H19N3O4/c1-13-3-5-14(6-4-13)19-23-22-18(27-19)12-11-17(24)21-16-9-7-15(8-10-16)20(25)26-2/h3-10H,11-12H2,1-2H3,(H,21,24). The second-order valence-electron chi connectivity index (χ2n) is 5.98. The van der Waals surface area contributed by atoms with Crippen LogP contribution in [-0.2, 0) is 16.0 Å². The van der Waals surface area contributed by atoms with Crippen LogP contribution in [0.2, 0.25) is 0 Å². The van der Waals surface area contributed by atoms with Crippen molar-refractivity contribution < 1.29 is 18.7 Å². The summed E-state index contributed by atoms with van der Waals surface area (Å²) in [4.78, 5) is 23.5. The molecule has 3 aromatic rings. The van der Waals surface area contributed by atoms with Gasteiger partial charge in [-0.2, -0.15) is 0 Å². The largest absolute Gasteiger partial charge is 0.465 e. The normalized spacial score (nSPS) is 10.4. The van der Waals surface area contributed by atoms with Crippen molar-refractivity contribution >= 4 is 17.6 Å². The molecule has 0 fully saturated rings. The molecule has 0 saturated heterocycles. The monoisotopic (exact) mass is 365 g/mol. The highest BCUT2D eigenvalue weighted by Gasteiger charge is 2.11. The number of methoxy groups -OCH3 is 1. The Hall–Kier alpha value is -3.48. The molecule has 3 rings (SSSR count). The number of rotatable bonds is 6. The Kier molecular flexibility index (Phi) is 5.61. The second kappa shape index (κ2) is 8.27. The van der Waals surface area contributed by atoms with Gasteiger partial charge in [0.2, 0.25) is 17.7 Å². The average Bonchev–Trinajstić information content (AvgIpc) is 3.16. The van der Waals surface area contributed by atoms with E-state index in [1.807, 2.05) is 31.2 Å². The first-order chi connectivity index (χ1) is 13.0. The third-order valence-electron chi connectivity index (χ3n) is 3.92. The van der Waals surface area contributed by atoms with Crippen LogP contribution in [0.3, 0.4) is 0 Å². The third kappa shape index (κ3) is 4.78. The van der Waals surface area contributed by atoms with E-state index >= 15 is 0 Å². The summed E-state index contributed by atoms with van der Waals surface area (Å²) >= 11 is 0. The highest BCUT2D eigenvalue weighted by Crippen LogP contribution is 2.19. The van der Waals surface area contributed by atoms with Crippen LogP contribution in [-0.4, -0.2) is 29.2 Å². The van der Waals surface area contributed by atoms with Gasteiger partial charge in [-0.1, -0.05) is 17.7 Å². The van der Waals surface area contributed by atoms with E-state index in [-0.39, 0.29) is 12.3 Å². The molecule has 1 aromatic heterocycles. The zero-order valence-electron chi connectivity index (χ0n) is 15.1. The summed E-state index contributed by atoms with van der Waals surface area (Å²) in [5, 5.41) is 10.8. The van der Waals surface area contributed by atoms with E-state index in [0.29, 0.717) is 29.5 Å². The third-order valence-corrected chi connectivity index (χ3v) is 3.92. The van der Waals surface area contributed by atoms with E-state index in [2.05, 4.69) is 20.3 Å². The molecule has 2 aromatic carbocycles. The van der Waals surface area contributed by atoms with Crippen LogP contribution in [0.1, 0.15) is 28.2 Å². The van der Waals surface area contributed by atoms with E-state index in [0.717, 1.165) is 11.1 Å². The van der Waals surface area contributed by atoms with Gasteiger partial charge in [-0.15, -0.1) is 10.2 Å². The van der Waals surface area contributed by atoms with E-state index in [1.54, 1.807) is 24.3 Å². The molecule has 0 atom stereocenters. The molecular weight excluding hydrogens is 346 g/mol.